The Morgan fingerprint density at radius 2 is 2.06 bits per heavy atom. The molecule has 0 aliphatic heterocycles. The first-order valence-corrected chi connectivity index (χ1v) is 5.18. The summed E-state index contributed by atoms with van der Waals surface area (Å²) in [6.45, 7) is 1.94. The molecule has 1 aromatic rings. The van der Waals surface area contributed by atoms with Gasteiger partial charge in [-0.05, 0) is 31.2 Å². The summed E-state index contributed by atoms with van der Waals surface area (Å²) in [7, 11) is 1.57. The highest BCUT2D eigenvalue weighted by Gasteiger charge is 2.11. The van der Waals surface area contributed by atoms with Crippen LogP contribution in [0.15, 0.2) is 24.3 Å². The molecule has 0 heterocycles. The first-order valence-electron chi connectivity index (χ1n) is 5.18. The van der Waals surface area contributed by atoms with Gasteiger partial charge in [0.2, 0.25) is 0 Å². The van der Waals surface area contributed by atoms with Crippen molar-refractivity contribution in [3.05, 3.63) is 24.3 Å². The van der Waals surface area contributed by atoms with Gasteiger partial charge in [-0.25, -0.2) is 0 Å². The van der Waals surface area contributed by atoms with Gasteiger partial charge >= 0.3 is 5.97 Å². The zero-order valence-corrected chi connectivity index (χ0v) is 9.84. The molecule has 0 spiro atoms. The van der Waals surface area contributed by atoms with Gasteiger partial charge in [-0.2, -0.15) is 5.26 Å². The number of hydrogen-bond acceptors (Lipinski definition) is 5. The van der Waals surface area contributed by atoms with Gasteiger partial charge in [0.15, 0.2) is 6.19 Å². The zero-order valence-electron chi connectivity index (χ0n) is 9.84. The van der Waals surface area contributed by atoms with Gasteiger partial charge in [-0.15, -0.1) is 0 Å². The second-order valence-electron chi connectivity index (χ2n) is 3.19. The molecule has 0 saturated heterocycles. The van der Waals surface area contributed by atoms with Gasteiger partial charge in [0.25, 0.3) is 0 Å². The van der Waals surface area contributed by atoms with Crippen LogP contribution in [-0.2, 0) is 9.53 Å². The molecule has 5 heteroatoms. The Kier molecular flexibility index (Phi) is 4.82. The van der Waals surface area contributed by atoms with E-state index in [0.29, 0.717) is 18.0 Å². The molecule has 0 N–H and O–H groups in total. The topological polar surface area (TPSA) is 62.6 Å². The molecule has 0 aromatic heterocycles. The summed E-state index contributed by atoms with van der Waals surface area (Å²) in [6, 6.07) is 6.87. The lowest BCUT2D eigenvalue weighted by atomic mass is 10.3. The highest BCUT2D eigenvalue weighted by Crippen LogP contribution is 2.18. The molecule has 0 atom stereocenters. The van der Waals surface area contributed by atoms with E-state index in [0.717, 1.165) is 0 Å². The van der Waals surface area contributed by atoms with Crippen LogP contribution in [0.3, 0.4) is 0 Å². The first-order chi connectivity index (χ1) is 8.21. The van der Waals surface area contributed by atoms with E-state index < -0.39 is 5.97 Å². The quantitative estimate of drug-likeness (QED) is 0.439. The number of methoxy groups -OCH3 is 1. The first kappa shape index (κ1) is 12.8. The molecule has 0 bridgehead atoms. The van der Waals surface area contributed by atoms with Gasteiger partial charge in [0.05, 0.1) is 19.4 Å². The van der Waals surface area contributed by atoms with Gasteiger partial charge in [-0.3, -0.25) is 9.69 Å². The summed E-state index contributed by atoms with van der Waals surface area (Å²) in [6.07, 6.45) is 1.94. The van der Waals surface area contributed by atoms with Crippen LogP contribution in [-0.4, -0.2) is 26.2 Å². The molecule has 0 amide bonds. The maximum absolute atomic E-state index is 11.3. The Hall–Kier alpha value is -2.22. The van der Waals surface area contributed by atoms with Crippen molar-refractivity contribution >= 4 is 11.7 Å². The predicted octanol–water partition coefficient (Wildman–Crippen LogP) is 1.55. The molecule has 0 aliphatic rings. The van der Waals surface area contributed by atoms with E-state index in [1.54, 1.807) is 38.3 Å². The third kappa shape index (κ3) is 3.68. The molecular formula is C12H14N2O3. The number of ether oxygens (including phenoxy) is 2. The number of carbonyl (C=O) groups excluding carboxylic acids is 1. The van der Waals surface area contributed by atoms with E-state index in [1.165, 1.54) is 4.90 Å². The fourth-order valence-corrected chi connectivity index (χ4v) is 1.28. The summed E-state index contributed by atoms with van der Waals surface area (Å²) < 4.78 is 9.79. The van der Waals surface area contributed by atoms with E-state index in [-0.39, 0.29) is 6.54 Å². The summed E-state index contributed by atoms with van der Waals surface area (Å²) in [5.41, 5.74) is 0.626. The Labute approximate surface area is 100 Å². The third-order valence-electron chi connectivity index (χ3n) is 2.10. The Bertz CT molecular complexity index is 409. The van der Waals surface area contributed by atoms with Crippen LogP contribution in [0.1, 0.15) is 6.92 Å². The number of rotatable bonds is 5. The fraction of sp³-hybridized carbons (Fsp3) is 0.333. The minimum Gasteiger partial charge on any atom is -0.497 e. The molecular weight excluding hydrogens is 220 g/mol. The normalized spacial score (nSPS) is 9.24. The van der Waals surface area contributed by atoms with E-state index in [4.69, 9.17) is 14.7 Å². The van der Waals surface area contributed by atoms with Gasteiger partial charge in [0, 0.05) is 0 Å². The van der Waals surface area contributed by atoms with Crippen LogP contribution in [0.4, 0.5) is 5.69 Å². The lowest BCUT2D eigenvalue weighted by molar-refractivity contribution is -0.141. The number of hydrogen-bond donors (Lipinski definition) is 0. The van der Waals surface area contributed by atoms with Crippen molar-refractivity contribution in [2.45, 2.75) is 6.92 Å². The van der Waals surface area contributed by atoms with E-state index in [1.807, 2.05) is 6.19 Å². The smallest absolute Gasteiger partial charge is 0.326 e. The van der Waals surface area contributed by atoms with Crippen molar-refractivity contribution in [1.29, 1.82) is 5.26 Å². The highest BCUT2D eigenvalue weighted by atomic mass is 16.5. The van der Waals surface area contributed by atoms with Crippen LogP contribution < -0.4 is 9.64 Å². The second kappa shape index (κ2) is 6.38. The maximum atomic E-state index is 11.3. The van der Waals surface area contributed by atoms with Crippen molar-refractivity contribution in [1.82, 2.24) is 0 Å². The predicted molar refractivity (Wildman–Crippen MR) is 62.6 cm³/mol. The Balaban J connectivity index is 2.73. The number of carbonyl (C=O) groups is 1. The van der Waals surface area contributed by atoms with Crippen LogP contribution in [0.25, 0.3) is 0 Å². The van der Waals surface area contributed by atoms with Crippen molar-refractivity contribution in [3.63, 3.8) is 0 Å². The highest BCUT2D eigenvalue weighted by molar-refractivity contribution is 5.77. The van der Waals surface area contributed by atoms with E-state index in [2.05, 4.69) is 0 Å². The number of esters is 1. The Morgan fingerprint density at radius 3 is 2.53 bits per heavy atom. The molecule has 90 valence electrons. The van der Waals surface area contributed by atoms with Crippen molar-refractivity contribution in [2.24, 2.45) is 0 Å². The maximum Gasteiger partial charge on any atom is 0.326 e. The molecule has 0 unspecified atom stereocenters. The van der Waals surface area contributed by atoms with Crippen LogP contribution in [0.5, 0.6) is 5.75 Å². The van der Waals surface area contributed by atoms with E-state index in [9.17, 15) is 4.79 Å². The van der Waals surface area contributed by atoms with Crippen molar-refractivity contribution in [2.75, 3.05) is 25.2 Å². The zero-order chi connectivity index (χ0) is 12.7. The average Bonchev–Trinajstić information content (AvgIpc) is 2.36. The average molecular weight is 234 g/mol. The largest absolute Gasteiger partial charge is 0.497 e. The summed E-state index contributed by atoms with van der Waals surface area (Å²) in [4.78, 5) is 12.5. The Morgan fingerprint density at radius 1 is 1.41 bits per heavy atom. The van der Waals surface area contributed by atoms with Gasteiger partial charge < -0.3 is 9.47 Å². The number of benzene rings is 1. The molecule has 0 radical (unpaired) electrons. The van der Waals surface area contributed by atoms with Crippen molar-refractivity contribution < 1.29 is 14.3 Å². The van der Waals surface area contributed by atoms with E-state index >= 15 is 0 Å². The lowest BCUT2D eigenvalue weighted by Crippen LogP contribution is -2.26. The molecule has 0 fully saturated rings. The van der Waals surface area contributed by atoms with Gasteiger partial charge in [-0.1, -0.05) is 0 Å². The minimum absolute atomic E-state index is 0.0866. The lowest BCUT2D eigenvalue weighted by Gasteiger charge is -2.14. The fourth-order valence-electron chi connectivity index (χ4n) is 1.28. The van der Waals surface area contributed by atoms with Crippen molar-refractivity contribution in [3.8, 4) is 11.9 Å². The standard InChI is InChI=1S/C12H14N2O3/c1-3-17-12(15)8-14(9-13)10-4-6-11(16-2)7-5-10/h4-7H,3,8H2,1-2H3. The third-order valence-corrected chi connectivity index (χ3v) is 2.10. The number of anilines is 1. The molecule has 17 heavy (non-hydrogen) atoms. The summed E-state index contributed by atoms with van der Waals surface area (Å²) in [5, 5.41) is 8.96. The monoisotopic (exact) mass is 234 g/mol. The minimum atomic E-state index is -0.426. The van der Waals surface area contributed by atoms with Gasteiger partial charge in [0.1, 0.15) is 12.3 Å². The SMILES string of the molecule is CCOC(=O)CN(C#N)c1ccc(OC)cc1. The molecule has 5 nitrogen and oxygen atoms in total. The number of nitriles is 1. The molecule has 1 rings (SSSR count). The number of nitrogens with zero attached hydrogens (tertiary/aromatic N) is 2. The van der Waals surface area contributed by atoms with Crippen LogP contribution in [0.2, 0.25) is 0 Å². The summed E-state index contributed by atoms with van der Waals surface area (Å²) >= 11 is 0. The molecule has 0 saturated carbocycles. The van der Waals surface area contributed by atoms with Crippen LogP contribution >= 0.6 is 0 Å². The van der Waals surface area contributed by atoms with Crippen LogP contribution in [0, 0.1) is 11.5 Å². The summed E-state index contributed by atoms with van der Waals surface area (Å²) in [5.74, 6) is 0.271. The molecule has 1 aromatic carbocycles. The second-order valence-corrected chi connectivity index (χ2v) is 3.19. The molecule has 0 aliphatic carbocycles.